The molecule has 1 fully saturated rings. The smallest absolute Gasteiger partial charge is 0.387 e. The molecule has 0 aromatic heterocycles. The Hall–Kier alpha value is -3.40. The van der Waals surface area contributed by atoms with Gasteiger partial charge in [0.15, 0.2) is 11.5 Å². The normalized spacial score (nSPS) is 13.0. The predicted octanol–water partition coefficient (Wildman–Crippen LogP) is 3.33. The highest BCUT2D eigenvalue weighted by Gasteiger charge is 2.30. The summed E-state index contributed by atoms with van der Waals surface area (Å²) in [5.41, 5.74) is 2.29. The average Bonchev–Trinajstić information content (AvgIpc) is 3.63. The average molecular weight is 478 g/mol. The summed E-state index contributed by atoms with van der Waals surface area (Å²) < 4.78 is 40.0. The van der Waals surface area contributed by atoms with Gasteiger partial charge in [-0.1, -0.05) is 12.1 Å². The van der Waals surface area contributed by atoms with Crippen LogP contribution in [0.5, 0.6) is 17.2 Å². The lowest BCUT2D eigenvalue weighted by Gasteiger charge is -2.22. The van der Waals surface area contributed by atoms with E-state index in [1.54, 1.807) is 24.3 Å². The number of carbonyl (C=O) groups is 2. The van der Waals surface area contributed by atoms with Gasteiger partial charge in [0, 0.05) is 12.6 Å². The monoisotopic (exact) mass is 477 g/mol. The third-order valence-corrected chi connectivity index (χ3v) is 5.31. The molecular weight excluding hydrogens is 448 g/mol. The SMILES string of the molecule is COc1ccc(C)cc1NC(=O)CNC(=O)CN(Cc1ccc(OC(F)F)c(OC)c1)C1CC1. The van der Waals surface area contributed by atoms with E-state index in [2.05, 4.69) is 15.4 Å². The molecule has 1 aliphatic rings. The molecule has 34 heavy (non-hydrogen) atoms. The van der Waals surface area contributed by atoms with Gasteiger partial charge in [0.1, 0.15) is 5.75 Å². The van der Waals surface area contributed by atoms with Gasteiger partial charge in [-0.25, -0.2) is 0 Å². The van der Waals surface area contributed by atoms with Crippen molar-refractivity contribution < 1.29 is 32.6 Å². The summed E-state index contributed by atoms with van der Waals surface area (Å²) >= 11 is 0. The molecule has 0 aliphatic heterocycles. The maximum Gasteiger partial charge on any atom is 0.387 e. The van der Waals surface area contributed by atoms with Crippen molar-refractivity contribution in [2.45, 2.75) is 39.0 Å². The van der Waals surface area contributed by atoms with Gasteiger partial charge in [-0.3, -0.25) is 14.5 Å². The summed E-state index contributed by atoms with van der Waals surface area (Å²) in [5, 5.41) is 5.39. The lowest BCUT2D eigenvalue weighted by Crippen LogP contribution is -2.41. The Bertz CT molecular complexity index is 1010. The van der Waals surface area contributed by atoms with Crippen LogP contribution in [0.15, 0.2) is 36.4 Å². The maximum absolute atomic E-state index is 12.5. The topological polar surface area (TPSA) is 89.1 Å². The number of anilines is 1. The second-order valence-electron chi connectivity index (χ2n) is 8.03. The molecule has 2 aromatic rings. The molecule has 2 N–H and O–H groups in total. The van der Waals surface area contributed by atoms with Crippen molar-refractivity contribution in [1.82, 2.24) is 10.2 Å². The van der Waals surface area contributed by atoms with Crippen molar-refractivity contribution in [3.63, 3.8) is 0 Å². The van der Waals surface area contributed by atoms with Crippen molar-refractivity contribution in [1.29, 1.82) is 0 Å². The number of alkyl halides is 2. The summed E-state index contributed by atoms with van der Waals surface area (Å²) in [5.74, 6) is 0.0255. The Balaban J connectivity index is 1.54. The van der Waals surface area contributed by atoms with Crippen molar-refractivity contribution >= 4 is 17.5 Å². The molecule has 0 saturated heterocycles. The Morgan fingerprint density at radius 2 is 1.74 bits per heavy atom. The van der Waals surface area contributed by atoms with Crippen LogP contribution in [-0.2, 0) is 16.1 Å². The van der Waals surface area contributed by atoms with E-state index in [-0.39, 0.29) is 42.4 Å². The van der Waals surface area contributed by atoms with Crippen LogP contribution in [0.2, 0.25) is 0 Å². The molecule has 0 spiro atoms. The highest BCUT2D eigenvalue weighted by molar-refractivity contribution is 5.96. The third kappa shape index (κ3) is 7.31. The number of hydrogen-bond donors (Lipinski definition) is 2. The number of benzene rings is 2. The number of amides is 2. The minimum Gasteiger partial charge on any atom is -0.495 e. The zero-order chi connectivity index (χ0) is 24.7. The number of aryl methyl sites for hydroxylation is 1. The predicted molar refractivity (Wildman–Crippen MR) is 122 cm³/mol. The Morgan fingerprint density at radius 3 is 2.38 bits per heavy atom. The zero-order valence-corrected chi connectivity index (χ0v) is 19.4. The molecule has 0 atom stereocenters. The molecule has 10 heteroatoms. The lowest BCUT2D eigenvalue weighted by molar-refractivity contribution is -0.125. The quantitative estimate of drug-likeness (QED) is 0.488. The molecule has 0 bridgehead atoms. The van der Waals surface area contributed by atoms with Crippen LogP contribution >= 0.6 is 0 Å². The van der Waals surface area contributed by atoms with E-state index in [0.29, 0.717) is 18.0 Å². The maximum atomic E-state index is 12.5. The number of ether oxygens (including phenoxy) is 3. The summed E-state index contributed by atoms with van der Waals surface area (Å²) in [6.45, 7) is -0.699. The molecule has 0 radical (unpaired) electrons. The molecule has 0 heterocycles. The molecule has 184 valence electrons. The lowest BCUT2D eigenvalue weighted by atomic mass is 10.2. The Morgan fingerprint density at radius 1 is 1.03 bits per heavy atom. The molecule has 2 amide bonds. The van der Waals surface area contributed by atoms with Crippen LogP contribution in [0.3, 0.4) is 0 Å². The van der Waals surface area contributed by atoms with Crippen molar-refractivity contribution in [2.24, 2.45) is 0 Å². The van der Waals surface area contributed by atoms with E-state index in [1.165, 1.54) is 20.3 Å². The van der Waals surface area contributed by atoms with E-state index < -0.39 is 6.61 Å². The van der Waals surface area contributed by atoms with Crippen LogP contribution in [0.25, 0.3) is 0 Å². The first-order chi connectivity index (χ1) is 16.3. The van der Waals surface area contributed by atoms with Gasteiger partial charge in [-0.2, -0.15) is 8.78 Å². The summed E-state index contributed by atoms with van der Waals surface area (Å²) in [4.78, 5) is 26.8. The van der Waals surface area contributed by atoms with Gasteiger partial charge >= 0.3 is 6.61 Å². The van der Waals surface area contributed by atoms with E-state index in [4.69, 9.17) is 9.47 Å². The fraction of sp³-hybridized carbons (Fsp3) is 0.417. The highest BCUT2D eigenvalue weighted by atomic mass is 19.3. The first-order valence-electron chi connectivity index (χ1n) is 10.9. The number of hydrogen-bond acceptors (Lipinski definition) is 6. The molecule has 1 aliphatic carbocycles. The number of halogens is 2. The van der Waals surface area contributed by atoms with E-state index in [9.17, 15) is 18.4 Å². The summed E-state index contributed by atoms with van der Waals surface area (Å²) in [7, 11) is 2.89. The van der Waals surface area contributed by atoms with Gasteiger partial charge in [0.2, 0.25) is 11.8 Å². The van der Waals surface area contributed by atoms with Crippen molar-refractivity contribution in [2.75, 3.05) is 32.6 Å². The first-order valence-corrected chi connectivity index (χ1v) is 10.9. The van der Waals surface area contributed by atoms with Crippen LogP contribution in [0, 0.1) is 6.92 Å². The second kappa shape index (κ2) is 11.6. The molecule has 3 rings (SSSR count). The number of nitrogens with zero attached hydrogens (tertiary/aromatic N) is 1. The van der Waals surface area contributed by atoms with E-state index >= 15 is 0 Å². The largest absolute Gasteiger partial charge is 0.495 e. The summed E-state index contributed by atoms with van der Waals surface area (Å²) in [6.07, 6.45) is 1.93. The van der Waals surface area contributed by atoms with Crippen LogP contribution in [0.1, 0.15) is 24.0 Å². The number of rotatable bonds is 12. The highest BCUT2D eigenvalue weighted by Crippen LogP contribution is 2.32. The minimum absolute atomic E-state index is 0.0479. The van der Waals surface area contributed by atoms with Gasteiger partial charge in [-0.15, -0.1) is 0 Å². The number of nitrogens with one attached hydrogen (secondary N) is 2. The van der Waals surface area contributed by atoms with E-state index in [1.807, 2.05) is 17.9 Å². The van der Waals surface area contributed by atoms with Crippen LogP contribution < -0.4 is 24.8 Å². The molecule has 1 saturated carbocycles. The van der Waals surface area contributed by atoms with Gasteiger partial charge in [0.05, 0.1) is 33.0 Å². The fourth-order valence-corrected chi connectivity index (χ4v) is 3.53. The third-order valence-electron chi connectivity index (χ3n) is 5.31. The standard InChI is InChI=1S/C24H29F2N3O5/c1-15-4-8-19(32-2)18(10-15)28-22(30)12-27-23(31)14-29(17-6-7-17)13-16-5-9-20(34-24(25)26)21(11-16)33-3/h4-5,8-11,17,24H,6-7,12-14H2,1-3H3,(H,27,31)(H,28,30). The van der Waals surface area contributed by atoms with Crippen molar-refractivity contribution in [3.8, 4) is 17.2 Å². The van der Waals surface area contributed by atoms with Gasteiger partial charge < -0.3 is 24.8 Å². The first kappa shape index (κ1) is 25.2. The summed E-state index contributed by atoms with van der Waals surface area (Å²) in [6, 6.07) is 10.4. The Labute approximate surface area is 197 Å². The molecule has 2 aromatic carbocycles. The number of methoxy groups -OCH3 is 2. The van der Waals surface area contributed by atoms with Gasteiger partial charge in [0.25, 0.3) is 0 Å². The van der Waals surface area contributed by atoms with Crippen molar-refractivity contribution in [3.05, 3.63) is 47.5 Å². The second-order valence-corrected chi connectivity index (χ2v) is 8.03. The van der Waals surface area contributed by atoms with Crippen LogP contribution in [0.4, 0.5) is 14.5 Å². The fourth-order valence-electron chi connectivity index (χ4n) is 3.53. The van der Waals surface area contributed by atoms with Gasteiger partial charge in [-0.05, 0) is 55.2 Å². The minimum atomic E-state index is -2.95. The molecule has 0 unspecified atom stereocenters. The van der Waals surface area contributed by atoms with E-state index in [0.717, 1.165) is 24.0 Å². The molecule has 8 nitrogen and oxygen atoms in total. The zero-order valence-electron chi connectivity index (χ0n) is 19.4. The number of carbonyl (C=O) groups excluding carboxylic acids is 2. The van der Waals surface area contributed by atoms with Crippen LogP contribution in [-0.4, -0.2) is 56.7 Å². The molecular formula is C24H29F2N3O5. The Kier molecular flexibility index (Phi) is 8.64.